The molecule has 0 radical (unpaired) electrons. The molecular formula is C23H23N5O5. The van der Waals surface area contributed by atoms with Crippen LogP contribution in [0.3, 0.4) is 0 Å². The number of hydrogen-bond donors (Lipinski definition) is 5. The zero-order valence-electron chi connectivity index (χ0n) is 17.8. The number of fused-ring (bicyclic) bond motifs is 1. The molecule has 0 aliphatic carbocycles. The first kappa shape index (κ1) is 21.1. The molecule has 1 aliphatic heterocycles. The normalized spacial score (nSPS) is 20.3. The summed E-state index contributed by atoms with van der Waals surface area (Å²) in [4.78, 5) is 20.4. The van der Waals surface area contributed by atoms with Gasteiger partial charge in [0.25, 0.3) is 0 Å². The highest BCUT2D eigenvalue weighted by atomic mass is 16.5. The van der Waals surface area contributed by atoms with Crippen LogP contribution < -0.4 is 10.6 Å². The van der Waals surface area contributed by atoms with E-state index in [9.17, 15) is 15.0 Å². The maximum Gasteiger partial charge on any atom is 0.323 e. The summed E-state index contributed by atoms with van der Waals surface area (Å²) in [5, 5.41) is 28.8. The number of aliphatic hydroxyl groups excluding tert-OH is 2. The van der Waals surface area contributed by atoms with Crippen molar-refractivity contribution in [2.45, 2.75) is 31.7 Å². The van der Waals surface area contributed by atoms with Gasteiger partial charge in [-0.15, -0.1) is 0 Å². The maximum atomic E-state index is 12.7. The van der Waals surface area contributed by atoms with Gasteiger partial charge >= 0.3 is 6.03 Å². The van der Waals surface area contributed by atoms with Crippen molar-refractivity contribution in [3.05, 3.63) is 60.0 Å². The molecule has 33 heavy (non-hydrogen) atoms. The minimum Gasteiger partial charge on any atom is -0.394 e. The van der Waals surface area contributed by atoms with E-state index in [0.29, 0.717) is 46.1 Å². The Morgan fingerprint density at radius 3 is 2.79 bits per heavy atom. The van der Waals surface area contributed by atoms with Crippen LogP contribution in [0.15, 0.2) is 53.1 Å². The van der Waals surface area contributed by atoms with E-state index in [2.05, 4.69) is 25.8 Å². The number of carbonyl (C=O) groups is 1. The molecule has 3 atom stereocenters. The largest absolute Gasteiger partial charge is 0.394 e. The number of ether oxygens (including phenoxy) is 1. The number of aryl methyl sites for hydroxylation is 1. The van der Waals surface area contributed by atoms with Crippen LogP contribution in [-0.2, 0) is 4.74 Å². The molecule has 2 aromatic heterocycles. The highest BCUT2D eigenvalue weighted by Crippen LogP contribution is 2.33. The first-order valence-electron chi connectivity index (χ1n) is 10.6. The molecule has 170 valence electrons. The third kappa shape index (κ3) is 4.19. The minimum absolute atomic E-state index is 0.251. The number of anilines is 2. The van der Waals surface area contributed by atoms with Gasteiger partial charge in [-0.25, -0.2) is 9.78 Å². The van der Waals surface area contributed by atoms with Gasteiger partial charge in [-0.1, -0.05) is 35.5 Å². The number of urea groups is 1. The average molecular weight is 449 g/mol. The number of imidazole rings is 1. The Morgan fingerprint density at radius 1 is 1.21 bits per heavy atom. The third-order valence-corrected chi connectivity index (χ3v) is 5.60. The Bertz CT molecular complexity index is 1290. The van der Waals surface area contributed by atoms with Crippen molar-refractivity contribution in [1.82, 2.24) is 15.1 Å². The Kier molecular flexibility index (Phi) is 5.55. The van der Waals surface area contributed by atoms with Crippen LogP contribution in [0.25, 0.3) is 22.4 Å². The van der Waals surface area contributed by atoms with E-state index in [0.717, 1.165) is 5.56 Å². The number of rotatable bonds is 5. The van der Waals surface area contributed by atoms with Gasteiger partial charge < -0.3 is 35.1 Å². The molecule has 5 rings (SSSR count). The summed E-state index contributed by atoms with van der Waals surface area (Å²) in [5.41, 5.74) is 3.84. The Balaban J connectivity index is 1.31. The number of hydrogen-bond acceptors (Lipinski definition) is 7. The number of nitrogens with one attached hydrogen (secondary N) is 3. The summed E-state index contributed by atoms with van der Waals surface area (Å²) in [6, 6.07) is 14.3. The number of aromatic amines is 1. The van der Waals surface area contributed by atoms with Gasteiger partial charge in [0, 0.05) is 17.7 Å². The zero-order valence-corrected chi connectivity index (χ0v) is 17.8. The predicted molar refractivity (Wildman–Crippen MR) is 121 cm³/mol. The molecule has 0 spiro atoms. The molecule has 0 unspecified atom stereocenters. The van der Waals surface area contributed by atoms with Crippen molar-refractivity contribution in [3.8, 4) is 11.3 Å². The van der Waals surface area contributed by atoms with Gasteiger partial charge in [0.2, 0.25) is 0 Å². The second-order valence-corrected chi connectivity index (χ2v) is 7.92. The van der Waals surface area contributed by atoms with Crippen LogP contribution in [0, 0.1) is 6.92 Å². The molecule has 1 saturated heterocycles. The minimum atomic E-state index is -0.740. The van der Waals surface area contributed by atoms with Crippen LogP contribution in [0.1, 0.15) is 24.0 Å². The van der Waals surface area contributed by atoms with E-state index in [4.69, 9.17) is 9.26 Å². The molecule has 3 heterocycles. The molecule has 2 amide bonds. The summed E-state index contributed by atoms with van der Waals surface area (Å²) >= 11 is 0. The van der Waals surface area contributed by atoms with Crippen LogP contribution in [0.2, 0.25) is 0 Å². The second kappa shape index (κ2) is 8.66. The van der Waals surface area contributed by atoms with Gasteiger partial charge in [0.1, 0.15) is 29.4 Å². The Labute approximate surface area is 188 Å². The fraction of sp³-hybridized carbons (Fsp3) is 0.261. The van der Waals surface area contributed by atoms with Crippen LogP contribution in [-0.4, -0.2) is 50.2 Å². The zero-order chi connectivity index (χ0) is 22.9. The van der Waals surface area contributed by atoms with Gasteiger partial charge in [-0.05, 0) is 25.1 Å². The van der Waals surface area contributed by atoms with Gasteiger partial charge in [0.15, 0.2) is 5.76 Å². The Hall–Kier alpha value is -3.73. The van der Waals surface area contributed by atoms with Crippen LogP contribution in [0.4, 0.5) is 16.2 Å². The number of benzene rings is 2. The number of H-pyrrole nitrogens is 1. The molecule has 1 fully saturated rings. The second-order valence-electron chi connectivity index (χ2n) is 7.92. The van der Waals surface area contributed by atoms with E-state index < -0.39 is 24.3 Å². The fourth-order valence-corrected chi connectivity index (χ4v) is 3.91. The molecule has 0 saturated carbocycles. The summed E-state index contributed by atoms with van der Waals surface area (Å²) < 4.78 is 11.1. The van der Waals surface area contributed by atoms with E-state index in [1.807, 2.05) is 30.3 Å². The highest BCUT2D eigenvalue weighted by Gasteiger charge is 2.35. The molecule has 10 nitrogen and oxygen atoms in total. The summed E-state index contributed by atoms with van der Waals surface area (Å²) in [7, 11) is 0. The van der Waals surface area contributed by atoms with E-state index in [1.165, 1.54) is 0 Å². The van der Waals surface area contributed by atoms with Crippen LogP contribution in [0.5, 0.6) is 0 Å². The standard InChI is InChI=1S/C23H23N5O5/c1-12-20(21(33-28-12)13-5-3-2-4-6-13)27-23(31)24-14-7-8-15-16(9-14)26-22(25-15)18-10-17(30)19(11-29)32-18/h2-9,17-19,29-30H,10-11H2,1H3,(H,25,26)(H2,24,27,31)/t17-,18+,19+/m0/s1. The molecule has 5 N–H and O–H groups in total. The lowest BCUT2D eigenvalue weighted by molar-refractivity contribution is -0.0244. The van der Waals surface area contributed by atoms with E-state index >= 15 is 0 Å². The summed E-state index contributed by atoms with van der Waals surface area (Å²) in [6.45, 7) is 1.51. The highest BCUT2D eigenvalue weighted by molar-refractivity contribution is 6.03. The lowest BCUT2D eigenvalue weighted by atomic mass is 10.1. The van der Waals surface area contributed by atoms with Gasteiger partial charge in [-0.2, -0.15) is 0 Å². The quantitative estimate of drug-likeness (QED) is 0.314. The topological polar surface area (TPSA) is 146 Å². The molecule has 10 heteroatoms. The Morgan fingerprint density at radius 2 is 2.03 bits per heavy atom. The van der Waals surface area contributed by atoms with E-state index in [-0.39, 0.29) is 6.61 Å². The summed E-state index contributed by atoms with van der Waals surface area (Å²) in [5.74, 6) is 1.05. The third-order valence-electron chi connectivity index (χ3n) is 5.60. The number of carbonyl (C=O) groups excluding carboxylic acids is 1. The number of amides is 2. The van der Waals surface area contributed by atoms with Gasteiger partial charge in [-0.3, -0.25) is 0 Å². The monoisotopic (exact) mass is 449 g/mol. The number of aromatic nitrogens is 3. The molecule has 0 bridgehead atoms. The molecular weight excluding hydrogens is 426 g/mol. The van der Waals surface area contributed by atoms with Crippen LogP contribution >= 0.6 is 0 Å². The van der Waals surface area contributed by atoms with Crippen molar-refractivity contribution in [1.29, 1.82) is 0 Å². The SMILES string of the molecule is Cc1noc(-c2ccccc2)c1NC(=O)Nc1ccc2nc([C@H]3C[C@H](O)[C@@H](CO)O3)[nH]c2c1. The fourth-order valence-electron chi connectivity index (χ4n) is 3.91. The number of nitrogens with zero attached hydrogens (tertiary/aromatic N) is 2. The van der Waals surface area contributed by atoms with E-state index in [1.54, 1.807) is 25.1 Å². The number of aliphatic hydroxyl groups is 2. The molecule has 1 aliphatic rings. The van der Waals surface area contributed by atoms with Crippen molar-refractivity contribution < 1.29 is 24.3 Å². The average Bonchev–Trinajstić information content (AvgIpc) is 3.51. The van der Waals surface area contributed by atoms with Crippen molar-refractivity contribution in [3.63, 3.8) is 0 Å². The summed E-state index contributed by atoms with van der Waals surface area (Å²) in [6.07, 6.45) is -1.45. The lowest BCUT2D eigenvalue weighted by Crippen LogP contribution is -2.24. The van der Waals surface area contributed by atoms with Crippen molar-refractivity contribution in [2.24, 2.45) is 0 Å². The van der Waals surface area contributed by atoms with Crippen molar-refractivity contribution in [2.75, 3.05) is 17.2 Å². The smallest absolute Gasteiger partial charge is 0.323 e. The van der Waals surface area contributed by atoms with Crippen molar-refractivity contribution >= 4 is 28.4 Å². The first-order chi connectivity index (χ1) is 16.0. The predicted octanol–water partition coefficient (Wildman–Crippen LogP) is 3.35. The molecule has 2 aromatic carbocycles. The first-order valence-corrected chi connectivity index (χ1v) is 10.6. The molecule has 4 aromatic rings. The van der Waals surface area contributed by atoms with Gasteiger partial charge in [0.05, 0.1) is 23.7 Å². The maximum absolute atomic E-state index is 12.7. The lowest BCUT2D eigenvalue weighted by Gasteiger charge is -2.09.